The first-order valence-electron chi connectivity index (χ1n) is 9.72. The Kier molecular flexibility index (Phi) is 5.12. The average molecular weight is 400 g/mol. The maximum absolute atomic E-state index is 13.9. The SMILES string of the molecule is COCC(=O)N1C[C@H]2CN(C(=O)c3cn(C)nc3C)C[C@H]2[C@@H]1c1cccc(F)c1. The fraction of sp³-hybridized carbons (Fsp3) is 0.476. The fourth-order valence-electron chi connectivity index (χ4n) is 4.77. The van der Waals surface area contributed by atoms with Gasteiger partial charge < -0.3 is 14.5 Å². The van der Waals surface area contributed by atoms with Gasteiger partial charge in [0.1, 0.15) is 12.4 Å². The predicted octanol–water partition coefficient (Wildman–Crippen LogP) is 1.79. The van der Waals surface area contributed by atoms with E-state index in [2.05, 4.69) is 5.10 Å². The lowest BCUT2D eigenvalue weighted by Crippen LogP contribution is -2.39. The number of ether oxygens (including phenoxy) is 1. The van der Waals surface area contributed by atoms with Crippen molar-refractivity contribution in [2.45, 2.75) is 13.0 Å². The van der Waals surface area contributed by atoms with E-state index in [0.29, 0.717) is 30.9 Å². The third-order valence-corrected chi connectivity index (χ3v) is 5.97. The molecule has 8 heteroatoms. The van der Waals surface area contributed by atoms with Gasteiger partial charge in [-0.2, -0.15) is 5.10 Å². The molecule has 0 bridgehead atoms. The molecular weight excluding hydrogens is 375 g/mol. The van der Waals surface area contributed by atoms with Crippen LogP contribution in [0.2, 0.25) is 0 Å². The average Bonchev–Trinajstić information content (AvgIpc) is 3.33. The van der Waals surface area contributed by atoms with Crippen molar-refractivity contribution in [3.8, 4) is 0 Å². The van der Waals surface area contributed by atoms with Crippen molar-refractivity contribution in [1.82, 2.24) is 19.6 Å². The standard InChI is InChI=1S/C21H25FN4O3/c1-13-17(10-24(2)23-13)21(28)25-8-15-9-26(19(27)12-29-3)20(18(15)11-25)14-5-4-6-16(22)7-14/h4-7,10,15,18,20H,8-9,11-12H2,1-3H3/t15-,18-,20+/m1/s1. The van der Waals surface area contributed by atoms with Gasteiger partial charge in [0.05, 0.1) is 17.3 Å². The van der Waals surface area contributed by atoms with Crippen LogP contribution in [0.4, 0.5) is 4.39 Å². The number of fused-ring (bicyclic) bond motifs is 1. The summed E-state index contributed by atoms with van der Waals surface area (Å²) in [4.78, 5) is 29.3. The summed E-state index contributed by atoms with van der Waals surface area (Å²) in [7, 11) is 3.28. The third-order valence-electron chi connectivity index (χ3n) is 5.97. The Bertz CT molecular complexity index is 944. The summed E-state index contributed by atoms with van der Waals surface area (Å²) < 4.78 is 20.6. The van der Waals surface area contributed by atoms with Crippen molar-refractivity contribution in [1.29, 1.82) is 0 Å². The lowest BCUT2D eigenvalue weighted by atomic mass is 9.89. The summed E-state index contributed by atoms with van der Waals surface area (Å²) in [6.07, 6.45) is 1.74. The molecule has 3 atom stereocenters. The van der Waals surface area contributed by atoms with Gasteiger partial charge in [-0.05, 0) is 24.6 Å². The number of halogens is 1. The van der Waals surface area contributed by atoms with Gasteiger partial charge in [-0.15, -0.1) is 0 Å². The third kappa shape index (κ3) is 3.53. The van der Waals surface area contributed by atoms with E-state index in [4.69, 9.17) is 4.74 Å². The number of amides is 2. The molecule has 29 heavy (non-hydrogen) atoms. The van der Waals surface area contributed by atoms with Crippen LogP contribution in [-0.4, -0.2) is 64.7 Å². The van der Waals surface area contributed by atoms with E-state index >= 15 is 0 Å². The molecule has 0 radical (unpaired) electrons. The molecule has 1 aromatic heterocycles. The molecule has 2 aliphatic heterocycles. The van der Waals surface area contributed by atoms with Gasteiger partial charge in [0, 0.05) is 51.8 Å². The Morgan fingerprint density at radius 1 is 1.28 bits per heavy atom. The molecular formula is C21H25FN4O3. The normalized spacial score (nSPS) is 23.5. The zero-order valence-corrected chi connectivity index (χ0v) is 16.8. The molecule has 1 aromatic carbocycles. The highest BCUT2D eigenvalue weighted by Gasteiger charge is 2.50. The van der Waals surface area contributed by atoms with Crippen molar-refractivity contribution in [3.05, 3.63) is 53.1 Å². The molecule has 0 unspecified atom stereocenters. The van der Waals surface area contributed by atoms with Gasteiger partial charge in [0.15, 0.2) is 0 Å². The second kappa shape index (κ2) is 7.59. The number of aryl methyl sites for hydroxylation is 2. The molecule has 2 saturated heterocycles. The molecule has 2 aliphatic rings. The highest BCUT2D eigenvalue weighted by Crippen LogP contribution is 2.45. The van der Waals surface area contributed by atoms with Crippen LogP contribution in [0.5, 0.6) is 0 Å². The van der Waals surface area contributed by atoms with Crippen LogP contribution in [0.25, 0.3) is 0 Å². The molecule has 3 heterocycles. The number of hydrogen-bond donors (Lipinski definition) is 0. The topological polar surface area (TPSA) is 67.7 Å². The first-order valence-corrected chi connectivity index (χ1v) is 9.72. The molecule has 2 amide bonds. The van der Waals surface area contributed by atoms with Crippen molar-refractivity contribution in [3.63, 3.8) is 0 Å². The van der Waals surface area contributed by atoms with Gasteiger partial charge in [-0.25, -0.2) is 4.39 Å². The molecule has 2 fully saturated rings. The monoisotopic (exact) mass is 400 g/mol. The minimum Gasteiger partial charge on any atom is -0.375 e. The quantitative estimate of drug-likeness (QED) is 0.785. The van der Waals surface area contributed by atoms with Gasteiger partial charge >= 0.3 is 0 Å². The summed E-state index contributed by atoms with van der Waals surface area (Å²) in [5.74, 6) is -0.291. The molecule has 154 valence electrons. The zero-order valence-electron chi connectivity index (χ0n) is 16.8. The van der Waals surface area contributed by atoms with Crippen molar-refractivity contribution in [2.24, 2.45) is 18.9 Å². The number of carbonyl (C=O) groups excluding carboxylic acids is 2. The maximum atomic E-state index is 13.9. The summed E-state index contributed by atoms with van der Waals surface area (Å²) in [6.45, 7) is 3.44. The van der Waals surface area contributed by atoms with E-state index in [0.717, 1.165) is 5.56 Å². The van der Waals surface area contributed by atoms with E-state index < -0.39 is 0 Å². The second-order valence-corrected chi connectivity index (χ2v) is 7.91. The second-order valence-electron chi connectivity index (χ2n) is 7.91. The fourth-order valence-corrected chi connectivity index (χ4v) is 4.77. The van der Waals surface area contributed by atoms with Crippen LogP contribution < -0.4 is 0 Å². The first-order chi connectivity index (χ1) is 13.9. The highest BCUT2D eigenvalue weighted by molar-refractivity contribution is 5.95. The summed E-state index contributed by atoms with van der Waals surface area (Å²) >= 11 is 0. The smallest absolute Gasteiger partial charge is 0.257 e. The van der Waals surface area contributed by atoms with Gasteiger partial charge in [0.2, 0.25) is 5.91 Å². The lowest BCUT2D eigenvalue weighted by Gasteiger charge is -2.30. The van der Waals surface area contributed by atoms with Crippen LogP contribution in [-0.2, 0) is 16.6 Å². The summed E-state index contributed by atoms with van der Waals surface area (Å²) in [5.41, 5.74) is 2.06. The van der Waals surface area contributed by atoms with Crippen LogP contribution in [0.1, 0.15) is 27.7 Å². The molecule has 0 saturated carbocycles. The zero-order chi connectivity index (χ0) is 20.7. The highest BCUT2D eigenvalue weighted by atomic mass is 19.1. The van der Waals surface area contributed by atoms with Crippen LogP contribution in [0.3, 0.4) is 0 Å². The largest absolute Gasteiger partial charge is 0.375 e. The van der Waals surface area contributed by atoms with Crippen LogP contribution in [0.15, 0.2) is 30.5 Å². The van der Waals surface area contributed by atoms with Crippen LogP contribution in [0, 0.1) is 24.6 Å². The van der Waals surface area contributed by atoms with Crippen LogP contribution >= 0.6 is 0 Å². The van der Waals surface area contributed by atoms with Crippen molar-refractivity contribution >= 4 is 11.8 Å². The minimum absolute atomic E-state index is 0.0111. The molecule has 4 rings (SSSR count). The lowest BCUT2D eigenvalue weighted by molar-refractivity contribution is -0.136. The Morgan fingerprint density at radius 2 is 2.07 bits per heavy atom. The Hall–Kier alpha value is -2.74. The van der Waals surface area contributed by atoms with Gasteiger partial charge in [0.25, 0.3) is 5.91 Å². The molecule has 7 nitrogen and oxygen atoms in total. The number of likely N-dealkylation sites (tertiary alicyclic amines) is 2. The number of hydrogen-bond acceptors (Lipinski definition) is 4. The predicted molar refractivity (Wildman–Crippen MR) is 104 cm³/mol. The molecule has 0 spiro atoms. The summed E-state index contributed by atoms with van der Waals surface area (Å²) in [5, 5.41) is 4.26. The Morgan fingerprint density at radius 3 is 2.72 bits per heavy atom. The van der Waals surface area contributed by atoms with Gasteiger partial charge in [-0.3, -0.25) is 14.3 Å². The minimum atomic E-state index is -0.331. The van der Waals surface area contributed by atoms with E-state index in [-0.39, 0.29) is 42.1 Å². The number of carbonyl (C=O) groups is 2. The van der Waals surface area contributed by atoms with Gasteiger partial charge in [-0.1, -0.05) is 12.1 Å². The molecule has 0 aliphatic carbocycles. The maximum Gasteiger partial charge on any atom is 0.257 e. The van der Waals surface area contributed by atoms with Crippen molar-refractivity contribution < 1.29 is 18.7 Å². The molecule has 0 N–H and O–H groups in total. The molecule has 2 aromatic rings. The number of aromatic nitrogens is 2. The number of nitrogens with zero attached hydrogens (tertiary/aromatic N) is 4. The Balaban J connectivity index is 1.61. The number of methoxy groups -OCH3 is 1. The van der Waals surface area contributed by atoms with E-state index in [1.165, 1.54) is 19.2 Å². The van der Waals surface area contributed by atoms with E-state index in [9.17, 15) is 14.0 Å². The summed E-state index contributed by atoms with van der Waals surface area (Å²) in [6, 6.07) is 6.11. The number of benzene rings is 1. The Labute approximate surface area is 169 Å². The number of rotatable bonds is 4. The van der Waals surface area contributed by atoms with Crippen molar-refractivity contribution in [2.75, 3.05) is 33.4 Å². The first kappa shape index (κ1) is 19.6. The van der Waals surface area contributed by atoms with E-state index in [1.807, 2.05) is 17.9 Å². The van der Waals surface area contributed by atoms with E-state index in [1.54, 1.807) is 28.9 Å².